The van der Waals surface area contributed by atoms with Gasteiger partial charge in [0.2, 0.25) is 0 Å². The molecule has 0 aliphatic carbocycles. The van der Waals surface area contributed by atoms with E-state index in [2.05, 4.69) is 22.2 Å². The summed E-state index contributed by atoms with van der Waals surface area (Å²) in [6.45, 7) is 4.25. The van der Waals surface area contributed by atoms with Gasteiger partial charge >= 0.3 is 0 Å². The van der Waals surface area contributed by atoms with E-state index in [-0.39, 0.29) is 0 Å². The molecular formula is C9H15N3S. The third-order valence-corrected chi connectivity index (χ3v) is 2.48. The van der Waals surface area contributed by atoms with Crippen LogP contribution in [-0.2, 0) is 0 Å². The van der Waals surface area contributed by atoms with E-state index in [9.17, 15) is 0 Å². The molecule has 0 saturated heterocycles. The maximum atomic E-state index is 4.13. The lowest BCUT2D eigenvalue weighted by Crippen LogP contribution is -2.14. The molecule has 0 aromatic carbocycles. The lowest BCUT2D eigenvalue weighted by Gasteiger charge is -2.00. The summed E-state index contributed by atoms with van der Waals surface area (Å²) in [6, 6.07) is 1.84. The molecular weight excluding hydrogens is 182 g/mol. The Balaban J connectivity index is 2.07. The van der Waals surface area contributed by atoms with Crippen LogP contribution in [0.4, 0.5) is 0 Å². The van der Waals surface area contributed by atoms with E-state index in [1.54, 1.807) is 24.2 Å². The average molecular weight is 197 g/mol. The molecule has 1 N–H and O–H groups in total. The summed E-state index contributed by atoms with van der Waals surface area (Å²) in [5.74, 6) is 1.08. The van der Waals surface area contributed by atoms with Crippen LogP contribution in [0.3, 0.4) is 0 Å². The first-order chi connectivity index (χ1) is 6.43. The fourth-order valence-electron chi connectivity index (χ4n) is 0.897. The predicted molar refractivity (Wildman–Crippen MR) is 55.9 cm³/mol. The van der Waals surface area contributed by atoms with E-state index in [0.717, 1.165) is 30.4 Å². The molecule has 0 fully saturated rings. The Labute approximate surface area is 83.4 Å². The summed E-state index contributed by atoms with van der Waals surface area (Å²) in [7, 11) is 0. The van der Waals surface area contributed by atoms with Crippen LogP contribution >= 0.6 is 11.8 Å². The van der Waals surface area contributed by atoms with Crippen LogP contribution in [0.25, 0.3) is 0 Å². The van der Waals surface area contributed by atoms with Crippen LogP contribution in [-0.4, -0.2) is 28.8 Å². The molecule has 1 heterocycles. The van der Waals surface area contributed by atoms with Gasteiger partial charge in [-0.25, -0.2) is 9.97 Å². The minimum Gasteiger partial charge on any atom is -0.317 e. The Morgan fingerprint density at radius 3 is 2.85 bits per heavy atom. The van der Waals surface area contributed by atoms with Gasteiger partial charge in [-0.05, 0) is 25.6 Å². The van der Waals surface area contributed by atoms with Gasteiger partial charge in [-0.15, -0.1) is 0 Å². The van der Waals surface area contributed by atoms with Gasteiger partial charge in [-0.3, -0.25) is 0 Å². The smallest absolute Gasteiger partial charge is 0.187 e. The zero-order valence-corrected chi connectivity index (χ0v) is 8.68. The zero-order valence-electron chi connectivity index (χ0n) is 7.86. The van der Waals surface area contributed by atoms with Crippen LogP contribution in [0, 0.1) is 0 Å². The summed E-state index contributed by atoms with van der Waals surface area (Å²) in [5, 5.41) is 4.15. The van der Waals surface area contributed by atoms with E-state index < -0.39 is 0 Å². The lowest BCUT2D eigenvalue weighted by molar-refractivity contribution is 0.707. The SMILES string of the molecule is CCNCCCSc1ncccn1. The van der Waals surface area contributed by atoms with E-state index >= 15 is 0 Å². The molecule has 0 spiro atoms. The first kappa shape index (κ1) is 10.5. The van der Waals surface area contributed by atoms with Crippen molar-refractivity contribution in [1.82, 2.24) is 15.3 Å². The summed E-state index contributed by atoms with van der Waals surface area (Å²) < 4.78 is 0. The fourth-order valence-corrected chi connectivity index (χ4v) is 1.64. The van der Waals surface area contributed by atoms with Crippen molar-refractivity contribution in [3.8, 4) is 0 Å². The van der Waals surface area contributed by atoms with Gasteiger partial charge in [0.05, 0.1) is 0 Å². The molecule has 0 unspecified atom stereocenters. The van der Waals surface area contributed by atoms with Crippen LogP contribution in [0.5, 0.6) is 0 Å². The highest BCUT2D eigenvalue weighted by Crippen LogP contribution is 2.11. The van der Waals surface area contributed by atoms with Crippen molar-refractivity contribution in [2.45, 2.75) is 18.5 Å². The number of nitrogens with zero attached hydrogens (tertiary/aromatic N) is 2. The highest BCUT2D eigenvalue weighted by Gasteiger charge is 1.94. The van der Waals surface area contributed by atoms with Crippen molar-refractivity contribution in [3.05, 3.63) is 18.5 Å². The van der Waals surface area contributed by atoms with Crippen molar-refractivity contribution < 1.29 is 0 Å². The summed E-state index contributed by atoms with van der Waals surface area (Å²) in [5.41, 5.74) is 0. The van der Waals surface area contributed by atoms with Crippen LogP contribution in [0.2, 0.25) is 0 Å². The maximum Gasteiger partial charge on any atom is 0.187 e. The molecule has 4 heteroatoms. The van der Waals surface area contributed by atoms with Crippen molar-refractivity contribution >= 4 is 11.8 Å². The highest BCUT2D eigenvalue weighted by molar-refractivity contribution is 7.99. The quantitative estimate of drug-likeness (QED) is 0.427. The van der Waals surface area contributed by atoms with Gasteiger partial charge in [0.15, 0.2) is 5.16 Å². The average Bonchev–Trinajstić information content (AvgIpc) is 2.19. The second-order valence-corrected chi connectivity index (χ2v) is 3.65. The number of hydrogen-bond acceptors (Lipinski definition) is 4. The molecule has 0 aliphatic heterocycles. The van der Waals surface area contributed by atoms with Gasteiger partial charge in [0.25, 0.3) is 0 Å². The Hall–Kier alpha value is -0.610. The van der Waals surface area contributed by atoms with Gasteiger partial charge in [-0.2, -0.15) is 0 Å². The van der Waals surface area contributed by atoms with Gasteiger partial charge in [0.1, 0.15) is 0 Å². The Bertz CT molecular complexity index is 215. The molecule has 1 aromatic rings. The molecule has 0 saturated carbocycles. The number of hydrogen-bond donors (Lipinski definition) is 1. The molecule has 0 bridgehead atoms. The summed E-state index contributed by atoms with van der Waals surface area (Å²) >= 11 is 1.71. The topological polar surface area (TPSA) is 37.8 Å². The van der Waals surface area contributed by atoms with Crippen molar-refractivity contribution in [3.63, 3.8) is 0 Å². The zero-order chi connectivity index (χ0) is 9.36. The molecule has 0 aliphatic rings. The number of rotatable bonds is 6. The first-order valence-corrected chi connectivity index (χ1v) is 5.52. The largest absolute Gasteiger partial charge is 0.317 e. The van der Waals surface area contributed by atoms with Crippen LogP contribution < -0.4 is 5.32 Å². The number of aromatic nitrogens is 2. The molecule has 72 valence electrons. The third-order valence-electron chi connectivity index (χ3n) is 1.52. The lowest BCUT2D eigenvalue weighted by atomic mass is 10.5. The summed E-state index contributed by atoms with van der Waals surface area (Å²) in [4.78, 5) is 8.26. The Morgan fingerprint density at radius 2 is 2.15 bits per heavy atom. The molecule has 0 atom stereocenters. The Kier molecular flexibility index (Phi) is 5.52. The van der Waals surface area contributed by atoms with Gasteiger partial charge < -0.3 is 5.32 Å². The van der Waals surface area contributed by atoms with Gasteiger partial charge in [0, 0.05) is 18.1 Å². The molecule has 0 amide bonds. The Morgan fingerprint density at radius 1 is 1.38 bits per heavy atom. The predicted octanol–water partition coefficient (Wildman–Crippen LogP) is 1.57. The first-order valence-electron chi connectivity index (χ1n) is 4.54. The monoisotopic (exact) mass is 197 g/mol. The minimum absolute atomic E-state index is 0.874. The molecule has 0 radical (unpaired) electrons. The standard InChI is InChI=1S/C9H15N3S/c1-2-10-5-4-8-13-9-11-6-3-7-12-9/h3,6-7,10H,2,4-5,8H2,1H3. The number of thioether (sulfide) groups is 1. The normalized spacial score (nSPS) is 10.2. The van der Waals surface area contributed by atoms with E-state index in [1.807, 2.05) is 6.07 Å². The van der Waals surface area contributed by atoms with E-state index in [1.165, 1.54) is 0 Å². The van der Waals surface area contributed by atoms with E-state index in [4.69, 9.17) is 0 Å². The molecule has 1 rings (SSSR count). The second kappa shape index (κ2) is 6.86. The minimum atomic E-state index is 0.874. The van der Waals surface area contributed by atoms with Crippen molar-refractivity contribution in [2.24, 2.45) is 0 Å². The van der Waals surface area contributed by atoms with Crippen molar-refractivity contribution in [2.75, 3.05) is 18.8 Å². The number of nitrogens with one attached hydrogen (secondary N) is 1. The third kappa shape index (κ3) is 4.85. The molecule has 13 heavy (non-hydrogen) atoms. The van der Waals surface area contributed by atoms with Gasteiger partial charge in [-0.1, -0.05) is 18.7 Å². The van der Waals surface area contributed by atoms with Crippen molar-refractivity contribution in [1.29, 1.82) is 0 Å². The second-order valence-electron chi connectivity index (χ2n) is 2.59. The van der Waals surface area contributed by atoms with Crippen LogP contribution in [0.1, 0.15) is 13.3 Å². The molecule has 3 nitrogen and oxygen atoms in total. The fraction of sp³-hybridized carbons (Fsp3) is 0.556. The summed E-state index contributed by atoms with van der Waals surface area (Å²) in [6.07, 6.45) is 4.72. The maximum absolute atomic E-state index is 4.13. The van der Waals surface area contributed by atoms with Crippen LogP contribution in [0.15, 0.2) is 23.6 Å². The van der Waals surface area contributed by atoms with E-state index in [0.29, 0.717) is 0 Å². The highest BCUT2D eigenvalue weighted by atomic mass is 32.2. The molecule has 1 aromatic heterocycles.